The lowest BCUT2D eigenvalue weighted by Crippen LogP contribution is -2.54. The minimum Gasteiger partial charge on any atom is -0.480 e. The Morgan fingerprint density at radius 1 is 0.963 bits per heavy atom. The maximum Gasteiger partial charge on any atom is 0.417 e. The van der Waals surface area contributed by atoms with Gasteiger partial charge in [-0.1, -0.05) is 32.0 Å². The third-order valence-corrected chi connectivity index (χ3v) is 9.45. The zero-order valence-electron chi connectivity index (χ0n) is 29.4. The van der Waals surface area contributed by atoms with Gasteiger partial charge in [-0.25, -0.2) is 0 Å². The van der Waals surface area contributed by atoms with Crippen molar-refractivity contribution in [1.82, 2.24) is 15.1 Å². The lowest BCUT2D eigenvalue weighted by molar-refractivity contribution is -0.138. The molecule has 3 aliphatic rings. The summed E-state index contributed by atoms with van der Waals surface area (Å²) < 4.78 is 51.9. The Morgan fingerprint density at radius 3 is 2.37 bits per heavy atom. The number of anilines is 2. The van der Waals surface area contributed by atoms with E-state index in [4.69, 9.17) is 14.7 Å². The molecule has 2 fully saturated rings. The Morgan fingerprint density at radius 2 is 1.69 bits per heavy atom. The second kappa shape index (κ2) is 15.2. The largest absolute Gasteiger partial charge is 0.480 e. The number of hydrogen-bond donors (Lipinski definition) is 3. The summed E-state index contributed by atoms with van der Waals surface area (Å²) in [5, 5.41) is 17.6. The van der Waals surface area contributed by atoms with E-state index in [0.717, 1.165) is 28.3 Å². The zero-order valence-corrected chi connectivity index (χ0v) is 29.4. The van der Waals surface area contributed by atoms with Gasteiger partial charge in [-0.15, -0.1) is 0 Å². The van der Waals surface area contributed by atoms with Gasteiger partial charge in [-0.2, -0.15) is 18.4 Å². The molecule has 2 atom stereocenters. The van der Waals surface area contributed by atoms with Crippen LogP contribution in [0.3, 0.4) is 0 Å². The molecule has 0 bridgehead atoms. The van der Waals surface area contributed by atoms with Crippen LogP contribution in [0.5, 0.6) is 5.75 Å². The molecular formula is C38H37F3N6O7. The monoisotopic (exact) mass is 746 g/mol. The van der Waals surface area contributed by atoms with Gasteiger partial charge in [0.25, 0.3) is 17.7 Å². The standard InChI is InChI=1S/C38H37F3N6O7/c1-37(2)21-46(36(52)32(37)54-25-11-8-23(19-42)27(18-25)38(39,40)41)20-22-6-9-24(10-7-22)43-14-16-53-17-15-44-28-5-3-4-26-31(28)35(51)47(34(26)50)29-12-13-30(48)45-33(29)49/h3-11,18,29,32,43-44H,12-17,20-21H2,1-2H3,(H,45,48,49). The molecular weight excluding hydrogens is 709 g/mol. The van der Waals surface area contributed by atoms with E-state index in [1.807, 2.05) is 38.1 Å². The van der Waals surface area contributed by atoms with Crippen LogP contribution in [-0.4, -0.2) is 84.3 Å². The number of piperidine rings is 1. The average Bonchev–Trinajstić information content (AvgIpc) is 3.50. The molecule has 3 aromatic rings. The molecule has 0 aromatic heterocycles. The molecule has 3 aromatic carbocycles. The molecule has 0 saturated carbocycles. The first kappa shape index (κ1) is 37.8. The van der Waals surface area contributed by atoms with Crippen LogP contribution < -0.4 is 20.7 Å². The number of rotatable bonds is 13. The maximum atomic E-state index is 13.5. The molecule has 5 amide bonds. The molecule has 3 N–H and O–H groups in total. The first-order chi connectivity index (χ1) is 25.7. The van der Waals surface area contributed by atoms with Gasteiger partial charge in [0.15, 0.2) is 6.10 Å². The van der Waals surface area contributed by atoms with E-state index < -0.39 is 58.5 Å². The van der Waals surface area contributed by atoms with Gasteiger partial charge in [0.05, 0.1) is 41.5 Å². The van der Waals surface area contributed by atoms with Gasteiger partial charge in [0.2, 0.25) is 11.8 Å². The normalized spacial score (nSPS) is 19.4. The van der Waals surface area contributed by atoms with E-state index >= 15 is 0 Å². The molecule has 13 nitrogen and oxygen atoms in total. The quantitative estimate of drug-likeness (QED) is 0.169. The van der Waals surface area contributed by atoms with Crippen LogP contribution in [0.2, 0.25) is 0 Å². The Balaban J connectivity index is 0.939. The summed E-state index contributed by atoms with van der Waals surface area (Å²) in [6.07, 6.45) is -5.65. The maximum absolute atomic E-state index is 13.5. The highest BCUT2D eigenvalue weighted by Crippen LogP contribution is 2.38. The van der Waals surface area contributed by atoms with Gasteiger partial charge in [0, 0.05) is 49.4 Å². The molecule has 282 valence electrons. The molecule has 0 radical (unpaired) electrons. The smallest absolute Gasteiger partial charge is 0.417 e. The van der Waals surface area contributed by atoms with Gasteiger partial charge < -0.3 is 25.0 Å². The van der Waals surface area contributed by atoms with Crippen LogP contribution in [0.1, 0.15) is 64.1 Å². The van der Waals surface area contributed by atoms with Crippen LogP contribution in [0.25, 0.3) is 0 Å². The van der Waals surface area contributed by atoms with Crippen molar-refractivity contribution in [3.8, 4) is 11.8 Å². The second-order valence-corrected chi connectivity index (χ2v) is 13.8. The van der Waals surface area contributed by atoms with Crippen LogP contribution in [-0.2, 0) is 31.8 Å². The highest BCUT2D eigenvalue weighted by atomic mass is 19.4. The first-order valence-corrected chi connectivity index (χ1v) is 17.2. The lowest BCUT2D eigenvalue weighted by Gasteiger charge is -2.27. The molecule has 16 heteroatoms. The van der Waals surface area contributed by atoms with Crippen LogP contribution in [0.4, 0.5) is 24.5 Å². The summed E-state index contributed by atoms with van der Waals surface area (Å²) in [4.78, 5) is 66.0. The summed E-state index contributed by atoms with van der Waals surface area (Å²) >= 11 is 0. The summed E-state index contributed by atoms with van der Waals surface area (Å²) in [5.74, 6) is -2.77. The van der Waals surface area contributed by atoms with Crippen LogP contribution in [0, 0.1) is 16.7 Å². The molecule has 2 saturated heterocycles. The molecule has 3 heterocycles. The number of fused-ring (bicyclic) bond motifs is 1. The van der Waals surface area contributed by atoms with E-state index in [1.54, 1.807) is 17.0 Å². The first-order valence-electron chi connectivity index (χ1n) is 17.2. The Hall–Kier alpha value is -5.95. The number of amides is 5. The summed E-state index contributed by atoms with van der Waals surface area (Å²) in [6.45, 7) is 5.70. The number of likely N-dealkylation sites (tertiary alicyclic amines) is 1. The molecule has 2 unspecified atom stereocenters. The molecule has 0 aliphatic carbocycles. The fourth-order valence-electron chi connectivity index (χ4n) is 6.80. The zero-order chi connectivity index (χ0) is 38.8. The second-order valence-electron chi connectivity index (χ2n) is 13.8. The number of ether oxygens (including phenoxy) is 2. The van der Waals surface area contributed by atoms with Crippen molar-refractivity contribution in [2.24, 2.45) is 5.41 Å². The minimum atomic E-state index is -4.75. The van der Waals surface area contributed by atoms with E-state index in [9.17, 15) is 37.1 Å². The predicted molar refractivity (Wildman–Crippen MR) is 187 cm³/mol. The number of carbonyl (C=O) groups is 5. The molecule has 6 rings (SSSR count). The molecule has 0 spiro atoms. The Bertz CT molecular complexity index is 2030. The number of nitriles is 1. The van der Waals surface area contributed by atoms with Crippen molar-refractivity contribution in [3.05, 3.63) is 88.5 Å². The number of hydrogen-bond acceptors (Lipinski definition) is 10. The van der Waals surface area contributed by atoms with E-state index in [-0.39, 0.29) is 42.2 Å². The summed E-state index contributed by atoms with van der Waals surface area (Å²) in [6, 6.07) is 15.8. The van der Waals surface area contributed by atoms with E-state index in [1.165, 1.54) is 18.2 Å². The lowest BCUT2D eigenvalue weighted by atomic mass is 9.89. The van der Waals surface area contributed by atoms with E-state index in [2.05, 4.69) is 16.0 Å². The van der Waals surface area contributed by atoms with Crippen molar-refractivity contribution in [2.45, 2.75) is 51.6 Å². The van der Waals surface area contributed by atoms with E-state index in [0.29, 0.717) is 38.5 Å². The Labute approximate surface area is 308 Å². The summed E-state index contributed by atoms with van der Waals surface area (Å²) in [7, 11) is 0. The van der Waals surface area contributed by atoms with Crippen molar-refractivity contribution in [3.63, 3.8) is 0 Å². The number of alkyl halides is 3. The van der Waals surface area contributed by atoms with Gasteiger partial charge in [-0.05, 0) is 54.4 Å². The fraction of sp³-hybridized carbons (Fsp3) is 0.368. The van der Waals surface area contributed by atoms with Crippen molar-refractivity contribution < 1.29 is 46.6 Å². The third kappa shape index (κ3) is 7.86. The summed E-state index contributed by atoms with van der Waals surface area (Å²) in [5.41, 5.74) is 0.124. The average molecular weight is 747 g/mol. The number of imide groups is 2. The van der Waals surface area contributed by atoms with Gasteiger partial charge >= 0.3 is 6.18 Å². The molecule has 54 heavy (non-hydrogen) atoms. The third-order valence-electron chi connectivity index (χ3n) is 9.45. The number of halogens is 3. The fourth-order valence-corrected chi connectivity index (χ4v) is 6.80. The van der Waals surface area contributed by atoms with Crippen molar-refractivity contribution >= 4 is 40.9 Å². The molecule has 3 aliphatic heterocycles. The van der Waals surface area contributed by atoms with Crippen LogP contribution >= 0.6 is 0 Å². The highest BCUT2D eigenvalue weighted by Gasteiger charge is 2.49. The van der Waals surface area contributed by atoms with Gasteiger partial charge in [-0.3, -0.25) is 34.2 Å². The minimum absolute atomic E-state index is 0.0376. The number of nitrogens with zero attached hydrogens (tertiary/aromatic N) is 3. The highest BCUT2D eigenvalue weighted by molar-refractivity contribution is 6.25. The topological polar surface area (TPSA) is 170 Å². The Kier molecular flexibility index (Phi) is 10.6. The number of nitrogens with one attached hydrogen (secondary N) is 3. The van der Waals surface area contributed by atoms with Crippen molar-refractivity contribution in [2.75, 3.05) is 43.5 Å². The van der Waals surface area contributed by atoms with Crippen LogP contribution in [0.15, 0.2) is 60.7 Å². The number of benzene rings is 3. The van der Waals surface area contributed by atoms with Crippen molar-refractivity contribution in [1.29, 1.82) is 5.26 Å². The predicted octanol–water partition coefficient (Wildman–Crippen LogP) is 4.33. The number of carbonyl (C=O) groups excluding carboxylic acids is 5. The SMILES string of the molecule is CC1(C)CN(Cc2ccc(NCCOCCNc3cccc4c3C(=O)N(C3CCC(=O)NC3=O)C4=O)cc2)C(=O)C1Oc1ccc(C#N)c(C(F)(F)F)c1. The van der Waals surface area contributed by atoms with Gasteiger partial charge in [0.1, 0.15) is 11.8 Å².